The van der Waals surface area contributed by atoms with Crippen LogP contribution in [0.1, 0.15) is 41.0 Å². The molecular formula is C13H20N4S. The molecule has 4 nitrogen and oxygen atoms in total. The second-order valence-corrected chi connectivity index (χ2v) is 5.68. The van der Waals surface area contributed by atoms with Crippen LogP contribution in [0.4, 0.5) is 0 Å². The third-order valence-electron chi connectivity index (χ3n) is 3.00. The summed E-state index contributed by atoms with van der Waals surface area (Å²) >= 11 is 1.79. The van der Waals surface area contributed by atoms with E-state index in [1.807, 2.05) is 24.9 Å². The Bertz CT molecular complexity index is 515. The van der Waals surface area contributed by atoms with E-state index >= 15 is 0 Å². The minimum Gasteiger partial charge on any atom is -0.304 e. The van der Waals surface area contributed by atoms with Gasteiger partial charge in [-0.25, -0.2) is 4.98 Å². The van der Waals surface area contributed by atoms with Crippen molar-refractivity contribution in [1.29, 1.82) is 0 Å². The van der Waals surface area contributed by atoms with Gasteiger partial charge in [0.1, 0.15) is 5.01 Å². The number of hydrogen-bond acceptors (Lipinski definition) is 4. The Morgan fingerprint density at radius 2 is 2.28 bits per heavy atom. The zero-order valence-corrected chi connectivity index (χ0v) is 12.2. The Kier molecular flexibility index (Phi) is 4.14. The Hall–Kier alpha value is -1.20. The smallest absolute Gasteiger partial charge is 0.109 e. The quantitative estimate of drug-likeness (QED) is 0.902. The van der Waals surface area contributed by atoms with Crippen LogP contribution in [0.15, 0.2) is 12.4 Å². The fourth-order valence-corrected chi connectivity index (χ4v) is 2.74. The number of aromatic nitrogens is 3. The molecule has 0 bridgehead atoms. The van der Waals surface area contributed by atoms with Crippen molar-refractivity contribution in [2.75, 3.05) is 0 Å². The number of rotatable bonds is 5. The third-order valence-corrected chi connectivity index (χ3v) is 4.33. The highest BCUT2D eigenvalue weighted by atomic mass is 32.1. The van der Waals surface area contributed by atoms with E-state index in [0.717, 1.165) is 23.7 Å². The molecule has 0 amide bonds. The lowest BCUT2D eigenvalue weighted by Crippen LogP contribution is -2.18. The highest BCUT2D eigenvalue weighted by Gasteiger charge is 2.11. The zero-order valence-electron chi connectivity index (χ0n) is 11.4. The molecule has 18 heavy (non-hydrogen) atoms. The van der Waals surface area contributed by atoms with Gasteiger partial charge in [0.25, 0.3) is 0 Å². The SMILES string of the molecule is CCc1cnc(C(C)NCc2cn(C)nc2C)s1. The zero-order chi connectivity index (χ0) is 13.1. The van der Waals surface area contributed by atoms with Crippen LogP contribution in [0.25, 0.3) is 0 Å². The number of nitrogens with one attached hydrogen (secondary N) is 1. The van der Waals surface area contributed by atoms with E-state index in [1.54, 1.807) is 11.3 Å². The second-order valence-electron chi connectivity index (χ2n) is 4.53. The molecule has 5 heteroatoms. The molecule has 0 saturated carbocycles. The first-order chi connectivity index (χ1) is 8.60. The van der Waals surface area contributed by atoms with Crippen LogP contribution in [-0.4, -0.2) is 14.8 Å². The molecule has 0 aliphatic rings. The van der Waals surface area contributed by atoms with Gasteiger partial charge in [0.2, 0.25) is 0 Å². The standard InChI is InChI=1S/C13H20N4S/c1-5-12-7-15-13(18-12)10(3)14-6-11-8-17(4)16-9(11)2/h7-8,10,14H,5-6H2,1-4H3. The molecule has 98 valence electrons. The van der Waals surface area contributed by atoms with Crippen molar-refractivity contribution in [2.45, 2.75) is 39.8 Å². The van der Waals surface area contributed by atoms with Gasteiger partial charge in [0.15, 0.2) is 0 Å². The Labute approximate surface area is 112 Å². The number of thiazole rings is 1. The molecule has 0 aromatic carbocycles. The summed E-state index contributed by atoms with van der Waals surface area (Å²) in [4.78, 5) is 5.81. The van der Waals surface area contributed by atoms with Gasteiger partial charge < -0.3 is 5.32 Å². The van der Waals surface area contributed by atoms with Crippen LogP contribution in [0.3, 0.4) is 0 Å². The predicted octanol–water partition coefficient (Wildman–Crippen LogP) is 2.60. The monoisotopic (exact) mass is 264 g/mol. The van der Waals surface area contributed by atoms with Crippen molar-refractivity contribution in [3.8, 4) is 0 Å². The van der Waals surface area contributed by atoms with E-state index in [2.05, 4.69) is 35.4 Å². The van der Waals surface area contributed by atoms with E-state index < -0.39 is 0 Å². The average Bonchev–Trinajstić information content (AvgIpc) is 2.93. The molecule has 0 aliphatic heterocycles. The summed E-state index contributed by atoms with van der Waals surface area (Å²) in [6.07, 6.45) is 5.11. The minimum atomic E-state index is 0.287. The summed E-state index contributed by atoms with van der Waals surface area (Å²) in [6.45, 7) is 7.19. The second kappa shape index (κ2) is 5.63. The van der Waals surface area contributed by atoms with Crippen molar-refractivity contribution in [2.24, 2.45) is 7.05 Å². The van der Waals surface area contributed by atoms with E-state index in [1.165, 1.54) is 10.4 Å². The molecule has 2 rings (SSSR count). The van der Waals surface area contributed by atoms with Gasteiger partial charge in [-0.05, 0) is 20.3 Å². The van der Waals surface area contributed by atoms with Crippen LogP contribution >= 0.6 is 11.3 Å². The van der Waals surface area contributed by atoms with Crippen LogP contribution in [0.5, 0.6) is 0 Å². The third kappa shape index (κ3) is 2.97. The maximum atomic E-state index is 4.46. The molecule has 1 unspecified atom stereocenters. The van der Waals surface area contributed by atoms with E-state index in [4.69, 9.17) is 0 Å². The van der Waals surface area contributed by atoms with Crippen molar-refractivity contribution in [3.05, 3.63) is 33.5 Å². The number of aryl methyl sites for hydroxylation is 3. The summed E-state index contributed by atoms with van der Waals surface area (Å²) in [5.74, 6) is 0. The lowest BCUT2D eigenvalue weighted by Gasteiger charge is -2.10. The molecule has 1 N–H and O–H groups in total. The fourth-order valence-electron chi connectivity index (χ4n) is 1.86. The van der Waals surface area contributed by atoms with E-state index in [-0.39, 0.29) is 6.04 Å². The highest BCUT2D eigenvalue weighted by Crippen LogP contribution is 2.20. The highest BCUT2D eigenvalue weighted by molar-refractivity contribution is 7.11. The molecule has 2 aromatic rings. The lowest BCUT2D eigenvalue weighted by molar-refractivity contribution is 0.570. The largest absolute Gasteiger partial charge is 0.304 e. The first-order valence-corrected chi connectivity index (χ1v) is 7.09. The average molecular weight is 264 g/mol. The summed E-state index contributed by atoms with van der Waals surface area (Å²) in [5.41, 5.74) is 2.34. The Morgan fingerprint density at radius 3 is 2.83 bits per heavy atom. The minimum absolute atomic E-state index is 0.287. The molecule has 2 heterocycles. The van der Waals surface area contributed by atoms with Crippen LogP contribution < -0.4 is 5.32 Å². The van der Waals surface area contributed by atoms with E-state index in [9.17, 15) is 0 Å². The molecule has 2 aromatic heterocycles. The first-order valence-electron chi connectivity index (χ1n) is 6.27. The van der Waals surface area contributed by atoms with Gasteiger partial charge >= 0.3 is 0 Å². The van der Waals surface area contributed by atoms with Crippen molar-refractivity contribution >= 4 is 11.3 Å². The molecule has 0 saturated heterocycles. The van der Waals surface area contributed by atoms with Gasteiger partial charge in [-0.1, -0.05) is 6.92 Å². The van der Waals surface area contributed by atoms with Gasteiger partial charge in [-0.3, -0.25) is 4.68 Å². The van der Waals surface area contributed by atoms with Gasteiger partial charge in [-0.15, -0.1) is 11.3 Å². The first kappa shape index (κ1) is 13.2. The van der Waals surface area contributed by atoms with E-state index in [0.29, 0.717) is 0 Å². The Balaban J connectivity index is 1.95. The van der Waals surface area contributed by atoms with Crippen molar-refractivity contribution in [1.82, 2.24) is 20.1 Å². The maximum absolute atomic E-state index is 4.46. The topological polar surface area (TPSA) is 42.7 Å². The molecular weight excluding hydrogens is 244 g/mol. The fraction of sp³-hybridized carbons (Fsp3) is 0.538. The molecule has 0 aliphatic carbocycles. The number of hydrogen-bond donors (Lipinski definition) is 1. The number of nitrogens with zero attached hydrogens (tertiary/aromatic N) is 3. The van der Waals surface area contributed by atoms with Crippen molar-refractivity contribution < 1.29 is 0 Å². The summed E-state index contributed by atoms with van der Waals surface area (Å²) in [6, 6.07) is 0.287. The van der Waals surface area contributed by atoms with Gasteiger partial charge in [0, 0.05) is 36.4 Å². The van der Waals surface area contributed by atoms with Gasteiger partial charge in [-0.2, -0.15) is 5.10 Å². The molecule has 0 fully saturated rings. The Morgan fingerprint density at radius 1 is 1.50 bits per heavy atom. The molecule has 0 spiro atoms. The molecule has 1 atom stereocenters. The lowest BCUT2D eigenvalue weighted by atomic mass is 10.2. The maximum Gasteiger partial charge on any atom is 0.109 e. The molecule has 0 radical (unpaired) electrons. The summed E-state index contributed by atoms with van der Waals surface area (Å²) in [5, 5.41) is 9.00. The van der Waals surface area contributed by atoms with Crippen LogP contribution in [-0.2, 0) is 20.0 Å². The predicted molar refractivity (Wildman–Crippen MR) is 74.7 cm³/mol. The van der Waals surface area contributed by atoms with Crippen LogP contribution in [0, 0.1) is 6.92 Å². The van der Waals surface area contributed by atoms with Crippen LogP contribution in [0.2, 0.25) is 0 Å². The van der Waals surface area contributed by atoms with Gasteiger partial charge in [0.05, 0.1) is 11.7 Å². The normalized spacial score (nSPS) is 12.9. The summed E-state index contributed by atoms with van der Waals surface area (Å²) in [7, 11) is 1.95. The summed E-state index contributed by atoms with van der Waals surface area (Å²) < 4.78 is 1.86. The van der Waals surface area contributed by atoms with Crippen molar-refractivity contribution in [3.63, 3.8) is 0 Å².